The number of fused-ring (bicyclic) bond motifs is 6. The van der Waals surface area contributed by atoms with Gasteiger partial charge in [-0.3, -0.25) is 0 Å². The molecule has 6 aromatic rings. The van der Waals surface area contributed by atoms with Crippen LogP contribution < -0.4 is 0 Å². The van der Waals surface area contributed by atoms with Crippen LogP contribution in [0.4, 0.5) is 0 Å². The molecule has 0 bridgehead atoms. The first-order valence-electron chi connectivity index (χ1n) is 10.8. The van der Waals surface area contributed by atoms with Gasteiger partial charge in [0.05, 0.1) is 0 Å². The molecule has 0 aliphatic heterocycles. The molecule has 0 amide bonds. The Kier molecular flexibility index (Phi) is 3.93. The van der Waals surface area contributed by atoms with Gasteiger partial charge in [0, 0.05) is 21.9 Å². The summed E-state index contributed by atoms with van der Waals surface area (Å²) in [6.07, 6.45) is 0.852. The average Bonchev–Trinajstić information content (AvgIpc) is 3.41. The van der Waals surface area contributed by atoms with E-state index in [-0.39, 0.29) is 5.28 Å². The Morgan fingerprint density at radius 3 is 2.36 bits per heavy atom. The van der Waals surface area contributed by atoms with Gasteiger partial charge in [-0.05, 0) is 58.5 Å². The molecule has 0 atom stereocenters. The Hall–Kier alpha value is -4.02. The van der Waals surface area contributed by atoms with Crippen molar-refractivity contribution in [1.29, 1.82) is 0 Å². The SMILES string of the molecule is Clc1nc(-c2ccc3c(c2)oc2ccccc23)nc(-c2cccc3c2Cc2ccccc2-3)n1. The van der Waals surface area contributed by atoms with Gasteiger partial charge in [-0.1, -0.05) is 66.7 Å². The summed E-state index contributed by atoms with van der Waals surface area (Å²) in [6, 6.07) is 28.8. The molecule has 0 unspecified atom stereocenters. The lowest BCUT2D eigenvalue weighted by atomic mass is 10.0. The van der Waals surface area contributed by atoms with Crippen molar-refractivity contribution in [2.75, 3.05) is 0 Å². The van der Waals surface area contributed by atoms with Crippen molar-refractivity contribution in [1.82, 2.24) is 15.0 Å². The monoisotopic (exact) mass is 445 g/mol. The van der Waals surface area contributed by atoms with Gasteiger partial charge in [0.15, 0.2) is 11.6 Å². The highest BCUT2D eigenvalue weighted by molar-refractivity contribution is 6.28. The van der Waals surface area contributed by atoms with Crippen molar-refractivity contribution in [2.45, 2.75) is 6.42 Å². The number of rotatable bonds is 2. The third-order valence-corrected chi connectivity index (χ3v) is 6.51. The van der Waals surface area contributed by atoms with E-state index in [9.17, 15) is 0 Å². The predicted octanol–water partition coefficient (Wildman–Crippen LogP) is 7.33. The molecule has 0 N–H and O–H groups in total. The maximum atomic E-state index is 6.39. The van der Waals surface area contributed by atoms with E-state index in [4.69, 9.17) is 21.0 Å². The van der Waals surface area contributed by atoms with Crippen LogP contribution in [0.5, 0.6) is 0 Å². The number of hydrogen-bond acceptors (Lipinski definition) is 4. The van der Waals surface area contributed by atoms with E-state index in [0.29, 0.717) is 11.6 Å². The summed E-state index contributed by atoms with van der Waals surface area (Å²) < 4.78 is 6.05. The van der Waals surface area contributed by atoms with Gasteiger partial charge >= 0.3 is 0 Å². The topological polar surface area (TPSA) is 51.8 Å². The Morgan fingerprint density at radius 1 is 0.636 bits per heavy atom. The Labute approximate surface area is 194 Å². The standard InChI is InChI=1S/C28H16ClN3O/c29-28-31-26(17-12-13-21-20-8-3-4-11-24(20)33-25(21)15-17)30-27(32-28)22-10-5-9-19-18-7-2-1-6-16(18)14-23(19)22/h1-13,15H,14H2. The molecule has 0 saturated carbocycles. The smallest absolute Gasteiger partial charge is 0.226 e. The lowest BCUT2D eigenvalue weighted by Crippen LogP contribution is -1.99. The zero-order chi connectivity index (χ0) is 21.9. The third-order valence-electron chi connectivity index (χ3n) is 6.34. The van der Waals surface area contributed by atoms with Crippen molar-refractivity contribution in [3.63, 3.8) is 0 Å². The lowest BCUT2D eigenvalue weighted by Gasteiger charge is -2.09. The number of hydrogen-bond donors (Lipinski definition) is 0. The first-order valence-corrected chi connectivity index (χ1v) is 11.2. The fourth-order valence-electron chi connectivity index (χ4n) is 4.83. The third kappa shape index (κ3) is 2.88. The minimum atomic E-state index is 0.174. The Morgan fingerprint density at radius 2 is 1.39 bits per heavy atom. The molecular formula is C28H16ClN3O. The van der Waals surface area contributed by atoms with Gasteiger partial charge in [0.2, 0.25) is 5.28 Å². The Balaban J connectivity index is 1.37. The highest BCUT2D eigenvalue weighted by Gasteiger charge is 2.23. The van der Waals surface area contributed by atoms with Crippen LogP contribution in [0.3, 0.4) is 0 Å². The molecule has 4 nitrogen and oxygen atoms in total. The number of para-hydroxylation sites is 1. The van der Waals surface area contributed by atoms with Crippen LogP contribution in [0, 0.1) is 0 Å². The lowest BCUT2D eigenvalue weighted by molar-refractivity contribution is 0.669. The summed E-state index contributed by atoms with van der Waals surface area (Å²) in [5, 5.41) is 2.33. The fraction of sp³-hybridized carbons (Fsp3) is 0.0357. The molecule has 156 valence electrons. The van der Waals surface area contributed by atoms with E-state index in [1.807, 2.05) is 42.5 Å². The second-order valence-electron chi connectivity index (χ2n) is 8.23. The van der Waals surface area contributed by atoms with Gasteiger partial charge in [0.25, 0.3) is 0 Å². The largest absolute Gasteiger partial charge is 0.456 e. The Bertz CT molecular complexity index is 1720. The second-order valence-corrected chi connectivity index (χ2v) is 8.56. The van der Waals surface area contributed by atoms with E-state index in [1.165, 1.54) is 22.3 Å². The molecule has 4 aromatic carbocycles. The fourth-order valence-corrected chi connectivity index (χ4v) is 4.99. The van der Waals surface area contributed by atoms with Crippen molar-refractivity contribution in [2.24, 2.45) is 0 Å². The van der Waals surface area contributed by atoms with Gasteiger partial charge in [-0.25, -0.2) is 4.98 Å². The molecule has 0 saturated heterocycles. The second kappa shape index (κ2) is 6.99. The highest BCUT2D eigenvalue weighted by Crippen LogP contribution is 2.41. The van der Waals surface area contributed by atoms with Crippen LogP contribution in [0.2, 0.25) is 5.28 Å². The first kappa shape index (κ1) is 18.5. The molecule has 1 aliphatic carbocycles. The summed E-state index contributed by atoms with van der Waals surface area (Å²) in [4.78, 5) is 13.7. The van der Waals surface area contributed by atoms with Crippen molar-refractivity contribution in [3.8, 4) is 33.9 Å². The number of nitrogens with zero attached hydrogens (tertiary/aromatic N) is 3. The number of halogens is 1. The minimum Gasteiger partial charge on any atom is -0.456 e. The maximum Gasteiger partial charge on any atom is 0.226 e. The molecule has 33 heavy (non-hydrogen) atoms. The number of furan rings is 1. The predicted molar refractivity (Wildman–Crippen MR) is 131 cm³/mol. The number of benzene rings is 4. The zero-order valence-electron chi connectivity index (χ0n) is 17.4. The summed E-state index contributed by atoms with van der Waals surface area (Å²) in [7, 11) is 0. The minimum absolute atomic E-state index is 0.174. The number of aromatic nitrogens is 3. The normalized spacial score (nSPS) is 12.3. The summed E-state index contributed by atoms with van der Waals surface area (Å²) in [5.41, 5.74) is 8.51. The van der Waals surface area contributed by atoms with E-state index >= 15 is 0 Å². The zero-order valence-corrected chi connectivity index (χ0v) is 18.2. The molecular weight excluding hydrogens is 430 g/mol. The molecule has 1 aliphatic rings. The van der Waals surface area contributed by atoms with E-state index in [1.54, 1.807) is 0 Å². The van der Waals surface area contributed by atoms with Gasteiger partial charge in [-0.2, -0.15) is 9.97 Å². The van der Waals surface area contributed by atoms with E-state index in [0.717, 1.165) is 39.5 Å². The molecule has 7 rings (SSSR count). The first-order chi connectivity index (χ1) is 16.2. The highest BCUT2D eigenvalue weighted by atomic mass is 35.5. The van der Waals surface area contributed by atoms with E-state index in [2.05, 4.69) is 52.4 Å². The summed E-state index contributed by atoms with van der Waals surface area (Å²) >= 11 is 6.39. The van der Waals surface area contributed by atoms with Crippen LogP contribution in [0.1, 0.15) is 11.1 Å². The van der Waals surface area contributed by atoms with Crippen LogP contribution in [0.15, 0.2) is 89.3 Å². The van der Waals surface area contributed by atoms with Crippen molar-refractivity contribution in [3.05, 3.63) is 101 Å². The van der Waals surface area contributed by atoms with Crippen LogP contribution in [0.25, 0.3) is 55.8 Å². The van der Waals surface area contributed by atoms with Crippen molar-refractivity contribution >= 4 is 33.5 Å². The van der Waals surface area contributed by atoms with Crippen LogP contribution in [-0.2, 0) is 6.42 Å². The van der Waals surface area contributed by atoms with Crippen LogP contribution in [-0.4, -0.2) is 15.0 Å². The molecule has 5 heteroatoms. The molecule has 0 fully saturated rings. The molecule has 2 heterocycles. The van der Waals surface area contributed by atoms with Gasteiger partial charge < -0.3 is 4.42 Å². The van der Waals surface area contributed by atoms with Crippen molar-refractivity contribution < 1.29 is 4.42 Å². The molecule has 0 radical (unpaired) electrons. The summed E-state index contributed by atoms with van der Waals surface area (Å²) in [5.74, 6) is 1.11. The van der Waals surface area contributed by atoms with Crippen LogP contribution >= 0.6 is 11.6 Å². The van der Waals surface area contributed by atoms with Gasteiger partial charge in [-0.15, -0.1) is 0 Å². The molecule has 0 spiro atoms. The van der Waals surface area contributed by atoms with E-state index < -0.39 is 0 Å². The average molecular weight is 446 g/mol. The molecule has 2 aromatic heterocycles. The summed E-state index contributed by atoms with van der Waals surface area (Å²) in [6.45, 7) is 0. The maximum absolute atomic E-state index is 6.39. The quantitative estimate of drug-likeness (QED) is 0.279. The van der Waals surface area contributed by atoms with Gasteiger partial charge in [0.1, 0.15) is 11.2 Å².